The summed E-state index contributed by atoms with van der Waals surface area (Å²) in [6.45, 7) is 0.489. The van der Waals surface area contributed by atoms with Gasteiger partial charge in [0.05, 0.1) is 0 Å². The van der Waals surface area contributed by atoms with Crippen molar-refractivity contribution in [2.75, 3.05) is 11.9 Å². The zero-order chi connectivity index (χ0) is 12.8. The molecular weight excluding hydrogens is 253 g/mol. The maximum absolute atomic E-state index is 12.7. The molecule has 0 aliphatic heterocycles. The van der Waals surface area contributed by atoms with Crippen LogP contribution in [0.5, 0.6) is 0 Å². The third-order valence-corrected chi connectivity index (χ3v) is 2.95. The van der Waals surface area contributed by atoms with Crippen LogP contribution < -0.4 is 10.6 Å². The van der Waals surface area contributed by atoms with Gasteiger partial charge in [-0.15, -0.1) is 11.3 Å². The molecule has 0 saturated carbocycles. The average molecular weight is 265 g/mol. The van der Waals surface area contributed by atoms with Crippen LogP contribution in [0, 0.1) is 5.82 Å². The fourth-order valence-electron chi connectivity index (χ4n) is 1.40. The number of nitrogens with zero attached hydrogens (tertiary/aromatic N) is 1. The van der Waals surface area contributed by atoms with Gasteiger partial charge in [-0.05, 0) is 24.1 Å². The molecule has 2 aromatic rings. The first-order valence-corrected chi connectivity index (χ1v) is 6.31. The number of anilines is 1. The van der Waals surface area contributed by atoms with Gasteiger partial charge in [0.15, 0.2) is 5.13 Å². The number of carbonyl (C=O) groups is 1. The Morgan fingerprint density at radius 1 is 1.33 bits per heavy atom. The van der Waals surface area contributed by atoms with Gasteiger partial charge in [0.1, 0.15) is 5.82 Å². The lowest BCUT2D eigenvalue weighted by Crippen LogP contribution is -2.30. The van der Waals surface area contributed by atoms with Crippen LogP contribution in [0.1, 0.15) is 5.56 Å². The molecule has 0 atom stereocenters. The number of hydrogen-bond acceptors (Lipinski definition) is 3. The van der Waals surface area contributed by atoms with Crippen molar-refractivity contribution in [1.29, 1.82) is 0 Å². The van der Waals surface area contributed by atoms with Crippen molar-refractivity contribution in [3.05, 3.63) is 47.2 Å². The molecule has 4 nitrogen and oxygen atoms in total. The van der Waals surface area contributed by atoms with Crippen LogP contribution in [0.15, 0.2) is 35.8 Å². The Morgan fingerprint density at radius 2 is 2.11 bits per heavy atom. The molecule has 1 heterocycles. The van der Waals surface area contributed by atoms with Crippen LogP contribution in [0.25, 0.3) is 0 Å². The molecule has 6 heteroatoms. The first-order chi connectivity index (χ1) is 8.74. The standard InChI is InChI=1S/C12H12FN3OS/c13-10-3-1-9(2-4-10)5-6-14-11(17)16-12-15-7-8-18-12/h1-4,7-8H,5-6H2,(H2,14,15,16,17). The summed E-state index contributed by atoms with van der Waals surface area (Å²) in [4.78, 5) is 15.4. The second kappa shape index (κ2) is 6.11. The minimum atomic E-state index is -0.285. The predicted octanol–water partition coefficient (Wildman–Crippen LogP) is 2.65. The van der Waals surface area contributed by atoms with E-state index in [0.717, 1.165) is 5.56 Å². The zero-order valence-electron chi connectivity index (χ0n) is 9.52. The molecule has 0 aliphatic rings. The third-order valence-electron chi connectivity index (χ3n) is 2.27. The lowest BCUT2D eigenvalue weighted by Gasteiger charge is -2.05. The number of nitrogens with one attached hydrogen (secondary N) is 2. The number of benzene rings is 1. The zero-order valence-corrected chi connectivity index (χ0v) is 10.3. The topological polar surface area (TPSA) is 54.0 Å². The van der Waals surface area contributed by atoms with E-state index in [2.05, 4.69) is 15.6 Å². The Balaban J connectivity index is 1.72. The fourth-order valence-corrected chi connectivity index (χ4v) is 1.92. The highest BCUT2D eigenvalue weighted by Crippen LogP contribution is 2.09. The highest BCUT2D eigenvalue weighted by atomic mass is 32.1. The summed E-state index contributed by atoms with van der Waals surface area (Å²) in [5.41, 5.74) is 0.978. The first kappa shape index (κ1) is 12.5. The maximum atomic E-state index is 12.7. The number of hydrogen-bond donors (Lipinski definition) is 2. The molecule has 2 rings (SSSR count). The van der Waals surface area contributed by atoms with Gasteiger partial charge in [0.2, 0.25) is 0 Å². The van der Waals surface area contributed by atoms with E-state index in [0.29, 0.717) is 18.1 Å². The van der Waals surface area contributed by atoms with Gasteiger partial charge >= 0.3 is 6.03 Å². The Morgan fingerprint density at radius 3 is 2.78 bits per heavy atom. The number of rotatable bonds is 4. The number of amides is 2. The monoisotopic (exact) mass is 265 g/mol. The van der Waals surface area contributed by atoms with Crippen LogP contribution in [-0.4, -0.2) is 17.6 Å². The van der Waals surface area contributed by atoms with E-state index in [4.69, 9.17) is 0 Å². The molecule has 94 valence electrons. The van der Waals surface area contributed by atoms with E-state index >= 15 is 0 Å². The van der Waals surface area contributed by atoms with Gasteiger partial charge < -0.3 is 5.32 Å². The molecule has 0 unspecified atom stereocenters. The van der Waals surface area contributed by atoms with Crippen LogP contribution in [0.4, 0.5) is 14.3 Å². The van der Waals surface area contributed by atoms with Crippen LogP contribution in [0.2, 0.25) is 0 Å². The molecule has 0 bridgehead atoms. The molecular formula is C12H12FN3OS. The summed E-state index contributed by atoms with van der Waals surface area (Å²) in [6, 6.07) is 5.94. The number of aromatic nitrogens is 1. The van der Waals surface area contributed by atoms with E-state index in [1.807, 2.05) is 0 Å². The minimum absolute atomic E-state index is 0.256. The van der Waals surface area contributed by atoms with E-state index in [1.54, 1.807) is 23.7 Å². The van der Waals surface area contributed by atoms with Gasteiger partial charge in [-0.1, -0.05) is 12.1 Å². The van der Waals surface area contributed by atoms with E-state index in [1.165, 1.54) is 23.5 Å². The summed E-state index contributed by atoms with van der Waals surface area (Å²) in [6.07, 6.45) is 2.28. The van der Waals surface area contributed by atoms with Crippen LogP contribution in [-0.2, 0) is 6.42 Å². The summed E-state index contributed by atoms with van der Waals surface area (Å²) in [5.74, 6) is -0.256. The van der Waals surface area contributed by atoms with E-state index in [-0.39, 0.29) is 11.8 Å². The van der Waals surface area contributed by atoms with Crippen molar-refractivity contribution in [2.24, 2.45) is 0 Å². The molecule has 0 saturated heterocycles. The number of halogens is 1. The van der Waals surface area contributed by atoms with E-state index in [9.17, 15) is 9.18 Å². The second-order valence-electron chi connectivity index (χ2n) is 3.59. The molecule has 0 radical (unpaired) electrons. The van der Waals surface area contributed by atoms with Crippen molar-refractivity contribution in [2.45, 2.75) is 6.42 Å². The van der Waals surface area contributed by atoms with Crippen molar-refractivity contribution >= 4 is 22.5 Å². The van der Waals surface area contributed by atoms with Gasteiger partial charge in [-0.25, -0.2) is 14.2 Å². The lowest BCUT2D eigenvalue weighted by molar-refractivity contribution is 0.252. The molecule has 0 fully saturated rings. The smallest absolute Gasteiger partial charge is 0.321 e. The van der Waals surface area contributed by atoms with Crippen molar-refractivity contribution in [3.8, 4) is 0 Å². The molecule has 1 aromatic heterocycles. The summed E-state index contributed by atoms with van der Waals surface area (Å²) >= 11 is 1.36. The predicted molar refractivity (Wildman–Crippen MR) is 69.2 cm³/mol. The van der Waals surface area contributed by atoms with Crippen molar-refractivity contribution in [3.63, 3.8) is 0 Å². The Kier molecular flexibility index (Phi) is 4.25. The summed E-state index contributed by atoms with van der Waals surface area (Å²) < 4.78 is 12.7. The number of thiazole rings is 1. The molecule has 1 aromatic carbocycles. The SMILES string of the molecule is O=C(NCCc1ccc(F)cc1)Nc1nccs1. The first-order valence-electron chi connectivity index (χ1n) is 5.43. The van der Waals surface area contributed by atoms with Gasteiger partial charge in [0.25, 0.3) is 0 Å². The van der Waals surface area contributed by atoms with Gasteiger partial charge in [-0.3, -0.25) is 5.32 Å². The second-order valence-corrected chi connectivity index (χ2v) is 4.49. The minimum Gasteiger partial charge on any atom is -0.337 e. The molecule has 18 heavy (non-hydrogen) atoms. The van der Waals surface area contributed by atoms with Gasteiger partial charge in [-0.2, -0.15) is 0 Å². The van der Waals surface area contributed by atoms with Crippen LogP contribution >= 0.6 is 11.3 Å². The quantitative estimate of drug-likeness (QED) is 0.893. The number of carbonyl (C=O) groups excluding carboxylic acids is 1. The molecule has 0 aliphatic carbocycles. The summed E-state index contributed by atoms with van der Waals surface area (Å²) in [5, 5.41) is 7.67. The van der Waals surface area contributed by atoms with Crippen molar-refractivity contribution < 1.29 is 9.18 Å². The largest absolute Gasteiger partial charge is 0.337 e. The van der Waals surface area contributed by atoms with Crippen LogP contribution in [0.3, 0.4) is 0 Å². The van der Waals surface area contributed by atoms with Gasteiger partial charge in [0, 0.05) is 18.1 Å². The van der Waals surface area contributed by atoms with Crippen molar-refractivity contribution in [1.82, 2.24) is 10.3 Å². The number of urea groups is 1. The Bertz CT molecular complexity index is 499. The Labute approximate surface area is 108 Å². The highest BCUT2D eigenvalue weighted by Gasteiger charge is 2.02. The Hall–Kier alpha value is -1.95. The van der Waals surface area contributed by atoms with E-state index < -0.39 is 0 Å². The molecule has 2 amide bonds. The lowest BCUT2D eigenvalue weighted by atomic mass is 10.1. The summed E-state index contributed by atoms with van der Waals surface area (Å²) in [7, 11) is 0. The maximum Gasteiger partial charge on any atom is 0.321 e. The molecule has 2 N–H and O–H groups in total. The highest BCUT2D eigenvalue weighted by molar-refractivity contribution is 7.13. The molecule has 0 spiro atoms. The normalized spacial score (nSPS) is 10.1. The fraction of sp³-hybridized carbons (Fsp3) is 0.167. The third kappa shape index (κ3) is 3.81. The average Bonchev–Trinajstić information content (AvgIpc) is 2.84.